The molecule has 0 spiro atoms. The van der Waals surface area contributed by atoms with Crippen molar-refractivity contribution in [2.45, 2.75) is 58.8 Å². The Labute approximate surface area is 122 Å². The smallest absolute Gasteiger partial charge is 0.127 e. The molecule has 0 saturated carbocycles. The molecule has 3 heteroatoms. The van der Waals surface area contributed by atoms with Gasteiger partial charge in [-0.2, -0.15) is 0 Å². The van der Waals surface area contributed by atoms with Gasteiger partial charge >= 0.3 is 0 Å². The normalized spacial score (nSPS) is 19.2. The summed E-state index contributed by atoms with van der Waals surface area (Å²) < 4.78 is 6.07. The minimum absolute atomic E-state index is 0.0853. The van der Waals surface area contributed by atoms with Crippen molar-refractivity contribution < 1.29 is 9.84 Å². The summed E-state index contributed by atoms with van der Waals surface area (Å²) >= 11 is 0. The van der Waals surface area contributed by atoms with Crippen molar-refractivity contribution in [1.29, 1.82) is 0 Å². The summed E-state index contributed by atoms with van der Waals surface area (Å²) in [5, 5.41) is 12.8. The second-order valence-electron chi connectivity index (χ2n) is 6.76. The fraction of sp³-hybridized carbons (Fsp3) is 0.647. The fourth-order valence-electron chi connectivity index (χ4n) is 2.94. The molecule has 0 aliphatic carbocycles. The Morgan fingerprint density at radius 3 is 2.80 bits per heavy atom. The molecule has 1 aromatic rings. The second kappa shape index (κ2) is 6.15. The number of aliphatic hydroxyl groups is 1. The molecule has 0 amide bonds. The molecule has 2 atom stereocenters. The number of ether oxygens (including phenoxy) is 1. The van der Waals surface area contributed by atoms with Crippen LogP contribution in [0.3, 0.4) is 0 Å². The molecule has 0 aromatic heterocycles. The van der Waals surface area contributed by atoms with Crippen molar-refractivity contribution >= 4 is 0 Å². The van der Waals surface area contributed by atoms with Crippen LogP contribution in [-0.2, 0) is 13.0 Å². The van der Waals surface area contributed by atoms with Gasteiger partial charge in [0.15, 0.2) is 0 Å². The molecule has 0 bridgehead atoms. The molecule has 112 valence electrons. The van der Waals surface area contributed by atoms with E-state index < -0.39 is 0 Å². The number of fused-ring (bicyclic) bond motifs is 1. The van der Waals surface area contributed by atoms with Crippen LogP contribution in [0.5, 0.6) is 5.75 Å². The lowest BCUT2D eigenvalue weighted by atomic mass is 10.0. The highest BCUT2D eigenvalue weighted by molar-refractivity contribution is 5.45. The molecule has 1 aromatic carbocycles. The highest BCUT2D eigenvalue weighted by Gasteiger charge is 2.31. The Kier molecular flexibility index (Phi) is 4.71. The van der Waals surface area contributed by atoms with Gasteiger partial charge in [0.05, 0.1) is 6.10 Å². The van der Waals surface area contributed by atoms with Gasteiger partial charge in [0.2, 0.25) is 0 Å². The molecule has 2 rings (SSSR count). The lowest BCUT2D eigenvalue weighted by Crippen LogP contribution is -2.25. The largest absolute Gasteiger partial charge is 0.487 e. The van der Waals surface area contributed by atoms with E-state index in [-0.39, 0.29) is 11.7 Å². The molecule has 20 heavy (non-hydrogen) atoms. The van der Waals surface area contributed by atoms with E-state index in [2.05, 4.69) is 44.3 Å². The van der Waals surface area contributed by atoms with E-state index in [4.69, 9.17) is 4.74 Å². The number of hydrogen-bond acceptors (Lipinski definition) is 3. The van der Waals surface area contributed by atoms with Crippen LogP contribution in [0.25, 0.3) is 0 Å². The van der Waals surface area contributed by atoms with Crippen LogP contribution >= 0.6 is 0 Å². The van der Waals surface area contributed by atoms with Crippen LogP contribution in [0.1, 0.15) is 45.2 Å². The standard InChI is InChI=1S/C17H27NO2/c1-12(8-13(2)19)10-18-11-15-7-5-6-14-9-17(3,4)20-16(14)15/h5-7,12-13,18-19H,8-11H2,1-4H3. The zero-order valence-electron chi connectivity index (χ0n) is 13.1. The van der Waals surface area contributed by atoms with Gasteiger partial charge in [-0.05, 0) is 45.2 Å². The number of hydrogen-bond donors (Lipinski definition) is 2. The molecule has 0 fully saturated rings. The molecule has 0 saturated heterocycles. The first-order chi connectivity index (χ1) is 9.37. The average molecular weight is 277 g/mol. The maximum atomic E-state index is 9.38. The van der Waals surface area contributed by atoms with Gasteiger partial charge in [0, 0.05) is 18.5 Å². The monoisotopic (exact) mass is 277 g/mol. The quantitative estimate of drug-likeness (QED) is 0.840. The predicted molar refractivity (Wildman–Crippen MR) is 82.0 cm³/mol. The first kappa shape index (κ1) is 15.3. The van der Waals surface area contributed by atoms with Crippen LogP contribution in [0.2, 0.25) is 0 Å². The first-order valence-corrected chi connectivity index (χ1v) is 7.56. The van der Waals surface area contributed by atoms with Crippen molar-refractivity contribution in [1.82, 2.24) is 5.32 Å². The molecule has 0 radical (unpaired) electrons. The van der Waals surface area contributed by atoms with Crippen LogP contribution in [0.4, 0.5) is 0 Å². The van der Waals surface area contributed by atoms with E-state index in [0.29, 0.717) is 5.92 Å². The molecule has 1 aliphatic heterocycles. The van der Waals surface area contributed by atoms with Crippen molar-refractivity contribution in [2.24, 2.45) is 5.92 Å². The number of para-hydroxylation sites is 1. The molecule has 2 N–H and O–H groups in total. The maximum absolute atomic E-state index is 9.38. The van der Waals surface area contributed by atoms with E-state index in [1.165, 1.54) is 11.1 Å². The van der Waals surface area contributed by atoms with Crippen molar-refractivity contribution in [3.8, 4) is 5.75 Å². The Bertz CT molecular complexity index is 454. The topological polar surface area (TPSA) is 41.5 Å². The van der Waals surface area contributed by atoms with Gasteiger partial charge in [0.1, 0.15) is 11.4 Å². The summed E-state index contributed by atoms with van der Waals surface area (Å²) in [6, 6.07) is 6.40. The van der Waals surface area contributed by atoms with Gasteiger partial charge in [-0.15, -0.1) is 0 Å². The van der Waals surface area contributed by atoms with Crippen molar-refractivity contribution in [2.75, 3.05) is 6.54 Å². The highest BCUT2D eigenvalue weighted by Crippen LogP contribution is 2.37. The van der Waals surface area contributed by atoms with Gasteiger partial charge in [-0.3, -0.25) is 0 Å². The van der Waals surface area contributed by atoms with E-state index in [0.717, 1.165) is 31.7 Å². The summed E-state index contributed by atoms with van der Waals surface area (Å²) in [6.07, 6.45) is 1.59. The zero-order valence-corrected chi connectivity index (χ0v) is 13.1. The predicted octanol–water partition coefficient (Wildman–Crippen LogP) is 2.90. The molecule has 1 heterocycles. The Morgan fingerprint density at radius 2 is 2.10 bits per heavy atom. The van der Waals surface area contributed by atoms with Gasteiger partial charge in [0.25, 0.3) is 0 Å². The number of benzene rings is 1. The minimum Gasteiger partial charge on any atom is -0.487 e. The SMILES string of the molecule is CC(O)CC(C)CNCc1cccc2c1OC(C)(C)C2. The lowest BCUT2D eigenvalue weighted by Gasteiger charge is -2.19. The summed E-state index contributed by atoms with van der Waals surface area (Å²) in [7, 11) is 0. The van der Waals surface area contributed by atoms with Crippen molar-refractivity contribution in [3.63, 3.8) is 0 Å². The average Bonchev–Trinajstić information content (AvgIpc) is 2.63. The fourth-order valence-corrected chi connectivity index (χ4v) is 2.94. The molecular formula is C17H27NO2. The van der Waals surface area contributed by atoms with E-state index >= 15 is 0 Å². The second-order valence-corrected chi connectivity index (χ2v) is 6.76. The highest BCUT2D eigenvalue weighted by atomic mass is 16.5. The third kappa shape index (κ3) is 3.97. The Morgan fingerprint density at radius 1 is 1.35 bits per heavy atom. The van der Waals surface area contributed by atoms with Crippen LogP contribution in [0.15, 0.2) is 18.2 Å². The Balaban J connectivity index is 1.91. The first-order valence-electron chi connectivity index (χ1n) is 7.56. The van der Waals surface area contributed by atoms with Gasteiger partial charge < -0.3 is 15.2 Å². The lowest BCUT2D eigenvalue weighted by molar-refractivity contribution is 0.137. The van der Waals surface area contributed by atoms with Crippen molar-refractivity contribution in [3.05, 3.63) is 29.3 Å². The molecule has 3 nitrogen and oxygen atoms in total. The Hall–Kier alpha value is -1.06. The summed E-state index contributed by atoms with van der Waals surface area (Å²) in [5.74, 6) is 1.54. The number of aliphatic hydroxyl groups excluding tert-OH is 1. The summed E-state index contributed by atoms with van der Waals surface area (Å²) in [4.78, 5) is 0. The van der Waals surface area contributed by atoms with Crippen LogP contribution in [0, 0.1) is 5.92 Å². The summed E-state index contributed by atoms with van der Waals surface area (Å²) in [6.45, 7) is 10.0. The number of nitrogens with one attached hydrogen (secondary N) is 1. The van der Waals surface area contributed by atoms with E-state index in [9.17, 15) is 5.11 Å². The van der Waals surface area contributed by atoms with E-state index in [1.807, 2.05) is 6.92 Å². The zero-order chi connectivity index (χ0) is 14.8. The minimum atomic E-state index is -0.225. The maximum Gasteiger partial charge on any atom is 0.127 e. The number of rotatable bonds is 6. The summed E-state index contributed by atoms with van der Waals surface area (Å²) in [5.41, 5.74) is 2.46. The van der Waals surface area contributed by atoms with Gasteiger partial charge in [-0.25, -0.2) is 0 Å². The third-order valence-corrected chi connectivity index (χ3v) is 3.72. The van der Waals surface area contributed by atoms with E-state index in [1.54, 1.807) is 0 Å². The third-order valence-electron chi connectivity index (χ3n) is 3.72. The molecular weight excluding hydrogens is 250 g/mol. The van der Waals surface area contributed by atoms with Crippen LogP contribution < -0.4 is 10.1 Å². The van der Waals surface area contributed by atoms with Crippen LogP contribution in [-0.4, -0.2) is 23.4 Å². The van der Waals surface area contributed by atoms with Gasteiger partial charge in [-0.1, -0.05) is 25.1 Å². The molecule has 1 aliphatic rings. The molecule has 2 unspecified atom stereocenters.